The van der Waals surface area contributed by atoms with Crippen molar-refractivity contribution in [2.45, 2.75) is 0 Å². The summed E-state index contributed by atoms with van der Waals surface area (Å²) in [7, 11) is 0. The van der Waals surface area contributed by atoms with Crippen LogP contribution in [0.15, 0.2) is 24.3 Å². The van der Waals surface area contributed by atoms with E-state index in [-0.39, 0.29) is 18.0 Å². The van der Waals surface area contributed by atoms with Gasteiger partial charge in [0.15, 0.2) is 0 Å². The van der Waals surface area contributed by atoms with Crippen molar-refractivity contribution in [3.63, 3.8) is 0 Å². The average Bonchev–Trinajstić information content (AvgIpc) is 2.29. The van der Waals surface area contributed by atoms with Gasteiger partial charge in [0, 0.05) is 13.1 Å². The molecule has 0 atom stereocenters. The molecule has 4 nitrogen and oxygen atoms in total. The number of nitrogens with one attached hydrogen (secondary N) is 1. The molecule has 1 heterocycles. The summed E-state index contributed by atoms with van der Waals surface area (Å²) in [5.41, 5.74) is 0.0113. The van der Waals surface area contributed by atoms with E-state index in [1.54, 1.807) is 6.07 Å². The zero-order valence-corrected chi connectivity index (χ0v) is 8.57. The van der Waals surface area contributed by atoms with Crippen LogP contribution in [0.3, 0.4) is 0 Å². The topological polar surface area (TPSA) is 49.4 Å². The van der Waals surface area contributed by atoms with Crippen LogP contribution in [0.5, 0.6) is 0 Å². The van der Waals surface area contributed by atoms with Gasteiger partial charge in [-0.1, -0.05) is 12.1 Å². The normalized spacial score (nSPS) is 15.8. The Bertz CT molecular complexity index is 434. The number of hydrogen-bond donors (Lipinski definition) is 1. The summed E-state index contributed by atoms with van der Waals surface area (Å²) in [5.74, 6) is -1.21. The highest BCUT2D eigenvalue weighted by Gasteiger charge is 2.23. The number of carbonyl (C=O) groups excluding carboxylic acids is 2. The number of halogens is 1. The summed E-state index contributed by atoms with van der Waals surface area (Å²) in [4.78, 5) is 24.3. The quantitative estimate of drug-likeness (QED) is 0.747. The van der Waals surface area contributed by atoms with E-state index in [2.05, 4.69) is 5.32 Å². The maximum absolute atomic E-state index is 13.3. The van der Waals surface area contributed by atoms with Crippen LogP contribution in [-0.2, 0) is 4.79 Å². The number of hydrogen-bond acceptors (Lipinski definition) is 2. The first-order chi connectivity index (χ1) is 7.68. The SMILES string of the molecule is O=C1CN(C(=O)c2ccccc2F)CCN1. The smallest absolute Gasteiger partial charge is 0.257 e. The van der Waals surface area contributed by atoms with E-state index in [1.807, 2.05) is 0 Å². The Morgan fingerprint density at radius 3 is 2.81 bits per heavy atom. The highest BCUT2D eigenvalue weighted by atomic mass is 19.1. The first-order valence-electron chi connectivity index (χ1n) is 4.99. The zero-order chi connectivity index (χ0) is 11.5. The summed E-state index contributed by atoms with van der Waals surface area (Å²) in [6, 6.07) is 5.77. The van der Waals surface area contributed by atoms with Gasteiger partial charge in [-0.15, -0.1) is 0 Å². The van der Waals surface area contributed by atoms with Gasteiger partial charge < -0.3 is 10.2 Å². The average molecular weight is 222 g/mol. The van der Waals surface area contributed by atoms with Crippen LogP contribution in [0, 0.1) is 5.82 Å². The van der Waals surface area contributed by atoms with Gasteiger partial charge in [0.25, 0.3) is 5.91 Å². The Kier molecular flexibility index (Phi) is 2.85. The molecule has 2 amide bonds. The van der Waals surface area contributed by atoms with Crippen LogP contribution in [0.2, 0.25) is 0 Å². The van der Waals surface area contributed by atoms with Gasteiger partial charge in [-0.25, -0.2) is 4.39 Å². The lowest BCUT2D eigenvalue weighted by atomic mass is 10.1. The highest BCUT2D eigenvalue weighted by molar-refractivity contribution is 5.97. The molecule has 0 unspecified atom stereocenters. The minimum absolute atomic E-state index is 0.00678. The third-order valence-corrected chi connectivity index (χ3v) is 2.43. The molecule has 5 heteroatoms. The Balaban J connectivity index is 2.19. The Morgan fingerprint density at radius 1 is 1.38 bits per heavy atom. The maximum Gasteiger partial charge on any atom is 0.257 e. The summed E-state index contributed by atoms with van der Waals surface area (Å²) >= 11 is 0. The second-order valence-corrected chi connectivity index (χ2v) is 3.56. The maximum atomic E-state index is 13.3. The van der Waals surface area contributed by atoms with Gasteiger partial charge in [-0.2, -0.15) is 0 Å². The highest BCUT2D eigenvalue weighted by Crippen LogP contribution is 2.10. The lowest BCUT2D eigenvalue weighted by molar-refractivity contribution is -0.123. The van der Waals surface area contributed by atoms with Crippen LogP contribution in [0.4, 0.5) is 4.39 Å². The van der Waals surface area contributed by atoms with Gasteiger partial charge in [-0.05, 0) is 12.1 Å². The van der Waals surface area contributed by atoms with Gasteiger partial charge in [0.2, 0.25) is 5.91 Å². The molecular weight excluding hydrogens is 211 g/mol. The summed E-state index contributed by atoms with van der Waals surface area (Å²) in [5, 5.41) is 2.61. The first-order valence-corrected chi connectivity index (χ1v) is 4.99. The first kappa shape index (κ1) is 10.6. The van der Waals surface area contributed by atoms with E-state index in [9.17, 15) is 14.0 Å². The molecule has 1 N–H and O–H groups in total. The fourth-order valence-corrected chi connectivity index (χ4v) is 1.62. The van der Waals surface area contributed by atoms with Crippen molar-refractivity contribution < 1.29 is 14.0 Å². The largest absolute Gasteiger partial charge is 0.353 e. The Hall–Kier alpha value is -1.91. The molecule has 0 spiro atoms. The number of benzene rings is 1. The van der Waals surface area contributed by atoms with Crippen molar-refractivity contribution in [2.24, 2.45) is 0 Å². The van der Waals surface area contributed by atoms with Crippen molar-refractivity contribution in [3.05, 3.63) is 35.6 Å². The Morgan fingerprint density at radius 2 is 2.12 bits per heavy atom. The molecule has 0 saturated carbocycles. The zero-order valence-electron chi connectivity index (χ0n) is 8.57. The lowest BCUT2D eigenvalue weighted by Crippen LogP contribution is -2.50. The molecule has 1 aliphatic rings. The minimum Gasteiger partial charge on any atom is -0.353 e. The van der Waals surface area contributed by atoms with Crippen molar-refractivity contribution in [1.82, 2.24) is 10.2 Å². The van der Waals surface area contributed by atoms with Gasteiger partial charge in [0.1, 0.15) is 5.82 Å². The van der Waals surface area contributed by atoms with Gasteiger partial charge in [-0.3, -0.25) is 9.59 Å². The van der Waals surface area contributed by atoms with Gasteiger partial charge >= 0.3 is 0 Å². The van der Waals surface area contributed by atoms with Crippen molar-refractivity contribution in [2.75, 3.05) is 19.6 Å². The molecule has 0 radical (unpaired) electrons. The summed E-state index contributed by atoms with van der Waals surface area (Å²) in [6.45, 7) is 0.825. The molecule has 16 heavy (non-hydrogen) atoms. The summed E-state index contributed by atoms with van der Waals surface area (Å²) < 4.78 is 13.3. The third kappa shape index (κ3) is 2.03. The standard InChI is InChI=1S/C11H11FN2O2/c12-9-4-2-1-3-8(9)11(16)14-6-5-13-10(15)7-14/h1-4H,5-7H2,(H,13,15). The molecule has 0 bridgehead atoms. The monoisotopic (exact) mass is 222 g/mol. The van der Waals surface area contributed by atoms with Crippen LogP contribution in [0.25, 0.3) is 0 Å². The second-order valence-electron chi connectivity index (χ2n) is 3.56. The molecule has 1 fully saturated rings. The molecule has 1 aliphatic heterocycles. The van der Waals surface area contributed by atoms with Crippen molar-refractivity contribution in [3.8, 4) is 0 Å². The molecule has 0 aliphatic carbocycles. The molecular formula is C11H11FN2O2. The Labute approximate surface area is 92.0 Å². The van der Waals surface area contributed by atoms with Crippen LogP contribution < -0.4 is 5.32 Å². The van der Waals surface area contributed by atoms with E-state index in [0.29, 0.717) is 13.1 Å². The number of nitrogens with zero attached hydrogens (tertiary/aromatic N) is 1. The van der Waals surface area contributed by atoms with E-state index in [4.69, 9.17) is 0 Å². The molecule has 2 rings (SSSR count). The van der Waals surface area contributed by atoms with E-state index >= 15 is 0 Å². The van der Waals surface area contributed by atoms with E-state index < -0.39 is 11.7 Å². The molecule has 1 aromatic carbocycles. The molecule has 1 saturated heterocycles. The number of piperazine rings is 1. The lowest BCUT2D eigenvalue weighted by Gasteiger charge is -2.26. The fourth-order valence-electron chi connectivity index (χ4n) is 1.62. The molecule has 84 valence electrons. The third-order valence-electron chi connectivity index (χ3n) is 2.43. The number of carbonyl (C=O) groups is 2. The molecule has 0 aromatic heterocycles. The van der Waals surface area contributed by atoms with Crippen molar-refractivity contribution >= 4 is 11.8 Å². The predicted molar refractivity (Wildman–Crippen MR) is 55.3 cm³/mol. The number of amides is 2. The van der Waals surface area contributed by atoms with Gasteiger partial charge in [0.05, 0.1) is 12.1 Å². The predicted octanol–water partition coefficient (Wildman–Crippen LogP) is 0.398. The summed E-state index contributed by atoms with van der Waals surface area (Å²) in [6.07, 6.45) is 0. The van der Waals surface area contributed by atoms with E-state index in [1.165, 1.54) is 23.1 Å². The van der Waals surface area contributed by atoms with Crippen LogP contribution >= 0.6 is 0 Å². The minimum atomic E-state index is -0.557. The molecule has 1 aromatic rings. The van der Waals surface area contributed by atoms with Crippen molar-refractivity contribution in [1.29, 1.82) is 0 Å². The van der Waals surface area contributed by atoms with E-state index in [0.717, 1.165) is 0 Å². The number of rotatable bonds is 1. The van der Waals surface area contributed by atoms with Crippen LogP contribution in [-0.4, -0.2) is 36.3 Å². The second kappa shape index (κ2) is 4.30. The van der Waals surface area contributed by atoms with Crippen LogP contribution in [0.1, 0.15) is 10.4 Å². The fraction of sp³-hybridized carbons (Fsp3) is 0.273.